The van der Waals surface area contributed by atoms with Crippen molar-refractivity contribution in [1.82, 2.24) is 4.90 Å². The van der Waals surface area contributed by atoms with Crippen LogP contribution >= 0.6 is 0 Å². The molecule has 0 bridgehead atoms. The molecule has 2 aliphatic rings. The van der Waals surface area contributed by atoms with Crippen molar-refractivity contribution in [2.45, 2.75) is 58.9 Å². The quantitative estimate of drug-likeness (QED) is 0.619. The van der Waals surface area contributed by atoms with Gasteiger partial charge in [0, 0.05) is 18.3 Å². The van der Waals surface area contributed by atoms with E-state index in [1.807, 2.05) is 0 Å². The van der Waals surface area contributed by atoms with E-state index in [2.05, 4.69) is 44.4 Å². The van der Waals surface area contributed by atoms with Crippen LogP contribution in [0.15, 0.2) is 24.4 Å². The molecule has 0 aromatic heterocycles. The molecule has 2 rings (SSSR count). The number of hydrogen-bond donors (Lipinski definition) is 0. The predicted octanol–water partition coefficient (Wildman–Crippen LogP) is 4.61. The van der Waals surface area contributed by atoms with Crippen molar-refractivity contribution in [2.75, 3.05) is 6.54 Å². The summed E-state index contributed by atoms with van der Waals surface area (Å²) in [4.78, 5) is 2.53. The Balaban J connectivity index is 1.83. The van der Waals surface area contributed by atoms with E-state index in [9.17, 15) is 0 Å². The molecule has 3 atom stereocenters. The van der Waals surface area contributed by atoms with E-state index >= 15 is 0 Å². The molecule has 2 aliphatic carbocycles. The van der Waals surface area contributed by atoms with Crippen LogP contribution in [-0.4, -0.2) is 17.5 Å². The first kappa shape index (κ1) is 13.7. The van der Waals surface area contributed by atoms with Crippen molar-refractivity contribution < 1.29 is 0 Å². The van der Waals surface area contributed by atoms with Crippen molar-refractivity contribution >= 4 is 0 Å². The number of nitrogens with zero attached hydrogens (tertiary/aromatic N) is 1. The van der Waals surface area contributed by atoms with Gasteiger partial charge in [0.1, 0.15) is 0 Å². The third-order valence-corrected chi connectivity index (χ3v) is 4.76. The second-order valence-electron chi connectivity index (χ2n) is 6.37. The summed E-state index contributed by atoms with van der Waals surface area (Å²) in [5, 5.41) is 0. The van der Waals surface area contributed by atoms with Gasteiger partial charge < -0.3 is 4.90 Å². The summed E-state index contributed by atoms with van der Waals surface area (Å²) in [5.41, 5.74) is 1.32. The molecule has 0 aromatic rings. The monoisotopic (exact) mass is 247 g/mol. The summed E-state index contributed by atoms with van der Waals surface area (Å²) >= 11 is 0. The smallest absolute Gasteiger partial charge is 0.0230 e. The lowest BCUT2D eigenvalue weighted by molar-refractivity contribution is 0.253. The molecule has 0 amide bonds. The fourth-order valence-electron chi connectivity index (χ4n) is 3.42. The fourth-order valence-corrected chi connectivity index (χ4v) is 3.42. The molecule has 0 radical (unpaired) electrons. The van der Waals surface area contributed by atoms with E-state index in [0.29, 0.717) is 6.04 Å². The molecule has 1 heteroatoms. The average Bonchev–Trinajstić information content (AvgIpc) is 3.15. The summed E-state index contributed by atoms with van der Waals surface area (Å²) in [6, 6.07) is 0.602. The maximum Gasteiger partial charge on any atom is 0.0230 e. The molecule has 1 nitrogen and oxygen atoms in total. The molecule has 18 heavy (non-hydrogen) atoms. The standard InChI is InChI=1S/C17H29N/c1-5-14(4)18(13(2)3)12-16-11-17(16)15-9-7-6-8-10-15/h6-7,13,15-17H,4-5,8-12H2,1-3H3. The third-order valence-electron chi connectivity index (χ3n) is 4.76. The lowest BCUT2D eigenvalue weighted by atomic mass is 9.89. The molecule has 1 saturated carbocycles. The van der Waals surface area contributed by atoms with Gasteiger partial charge in [-0.15, -0.1) is 0 Å². The minimum atomic E-state index is 0.602. The SMILES string of the molecule is C=C(CC)N(CC1CC1C1CC=CCC1)C(C)C. The van der Waals surface area contributed by atoms with Gasteiger partial charge in [0.05, 0.1) is 0 Å². The number of hydrogen-bond acceptors (Lipinski definition) is 1. The summed E-state index contributed by atoms with van der Waals surface area (Å²) in [6.07, 6.45) is 11.4. The van der Waals surface area contributed by atoms with Crippen molar-refractivity contribution in [3.8, 4) is 0 Å². The highest BCUT2D eigenvalue weighted by atomic mass is 15.2. The summed E-state index contributed by atoms with van der Waals surface area (Å²) in [5.74, 6) is 2.91. The molecular weight excluding hydrogens is 218 g/mol. The first-order valence-corrected chi connectivity index (χ1v) is 7.72. The minimum Gasteiger partial charge on any atom is -0.373 e. The van der Waals surface area contributed by atoms with Gasteiger partial charge in [0.2, 0.25) is 0 Å². The molecule has 0 saturated heterocycles. The first-order valence-electron chi connectivity index (χ1n) is 7.72. The molecule has 1 fully saturated rings. The lowest BCUT2D eigenvalue weighted by Crippen LogP contribution is -2.32. The largest absolute Gasteiger partial charge is 0.373 e. The van der Waals surface area contributed by atoms with E-state index in [0.717, 1.165) is 24.2 Å². The van der Waals surface area contributed by atoms with Crippen LogP contribution in [0.2, 0.25) is 0 Å². The van der Waals surface area contributed by atoms with Crippen molar-refractivity contribution in [3.63, 3.8) is 0 Å². The zero-order valence-corrected chi connectivity index (χ0v) is 12.4. The minimum absolute atomic E-state index is 0.602. The van der Waals surface area contributed by atoms with Crippen LogP contribution in [0.1, 0.15) is 52.9 Å². The van der Waals surface area contributed by atoms with Gasteiger partial charge in [0.15, 0.2) is 0 Å². The van der Waals surface area contributed by atoms with Crippen molar-refractivity contribution in [1.29, 1.82) is 0 Å². The highest BCUT2D eigenvalue weighted by molar-refractivity contribution is 5.03. The number of rotatable bonds is 6. The van der Waals surface area contributed by atoms with E-state index in [1.54, 1.807) is 0 Å². The van der Waals surface area contributed by atoms with Crippen molar-refractivity contribution in [2.24, 2.45) is 17.8 Å². The Bertz CT molecular complexity index is 316. The Morgan fingerprint density at radius 2 is 2.17 bits per heavy atom. The van der Waals surface area contributed by atoms with Crippen LogP contribution in [0.3, 0.4) is 0 Å². The second-order valence-corrected chi connectivity index (χ2v) is 6.37. The van der Waals surface area contributed by atoms with E-state index < -0.39 is 0 Å². The predicted molar refractivity (Wildman–Crippen MR) is 79.4 cm³/mol. The topological polar surface area (TPSA) is 3.24 Å². The van der Waals surface area contributed by atoms with Crippen LogP contribution in [0, 0.1) is 17.8 Å². The summed E-state index contributed by atoms with van der Waals surface area (Å²) < 4.78 is 0. The zero-order valence-electron chi connectivity index (χ0n) is 12.4. The Kier molecular flexibility index (Phi) is 4.53. The molecule has 102 valence electrons. The van der Waals surface area contributed by atoms with Gasteiger partial charge in [-0.2, -0.15) is 0 Å². The summed E-state index contributed by atoms with van der Waals surface area (Å²) in [6.45, 7) is 12.3. The molecule has 0 spiro atoms. The van der Waals surface area contributed by atoms with Gasteiger partial charge in [0.25, 0.3) is 0 Å². The molecule has 3 unspecified atom stereocenters. The van der Waals surface area contributed by atoms with Crippen LogP contribution in [-0.2, 0) is 0 Å². The van der Waals surface area contributed by atoms with E-state index in [4.69, 9.17) is 0 Å². The Morgan fingerprint density at radius 1 is 1.39 bits per heavy atom. The van der Waals surface area contributed by atoms with E-state index in [-0.39, 0.29) is 0 Å². The third kappa shape index (κ3) is 3.18. The first-order chi connectivity index (χ1) is 8.63. The maximum atomic E-state index is 4.23. The van der Waals surface area contributed by atoms with Crippen LogP contribution in [0.4, 0.5) is 0 Å². The zero-order chi connectivity index (χ0) is 13.1. The highest BCUT2D eigenvalue weighted by Crippen LogP contribution is 2.49. The van der Waals surface area contributed by atoms with Crippen molar-refractivity contribution in [3.05, 3.63) is 24.4 Å². The molecular formula is C17H29N. The van der Waals surface area contributed by atoms with Crippen LogP contribution < -0.4 is 0 Å². The van der Waals surface area contributed by atoms with Gasteiger partial charge in [-0.05, 0) is 63.7 Å². The Labute approximate surface area is 113 Å². The normalized spacial score (nSPS) is 30.6. The molecule has 0 N–H and O–H groups in total. The Hall–Kier alpha value is -0.720. The van der Waals surface area contributed by atoms with Gasteiger partial charge in [-0.1, -0.05) is 25.7 Å². The fraction of sp³-hybridized carbons (Fsp3) is 0.765. The number of allylic oxidation sites excluding steroid dienone is 3. The molecule has 0 heterocycles. The highest BCUT2D eigenvalue weighted by Gasteiger charge is 2.43. The van der Waals surface area contributed by atoms with Crippen LogP contribution in [0.5, 0.6) is 0 Å². The molecule has 0 aliphatic heterocycles. The lowest BCUT2D eigenvalue weighted by Gasteiger charge is -2.31. The summed E-state index contributed by atoms with van der Waals surface area (Å²) in [7, 11) is 0. The van der Waals surface area contributed by atoms with Gasteiger partial charge >= 0.3 is 0 Å². The average molecular weight is 247 g/mol. The van der Waals surface area contributed by atoms with E-state index in [1.165, 1.54) is 37.9 Å². The van der Waals surface area contributed by atoms with Gasteiger partial charge in [-0.25, -0.2) is 0 Å². The molecule has 0 aromatic carbocycles. The van der Waals surface area contributed by atoms with Gasteiger partial charge in [-0.3, -0.25) is 0 Å². The maximum absolute atomic E-state index is 4.23. The second kappa shape index (κ2) is 5.95. The Morgan fingerprint density at radius 3 is 2.72 bits per heavy atom. The van der Waals surface area contributed by atoms with Crippen LogP contribution in [0.25, 0.3) is 0 Å².